The van der Waals surface area contributed by atoms with Gasteiger partial charge in [0.1, 0.15) is 24.7 Å². The Balaban J connectivity index is 1.80. The van der Waals surface area contributed by atoms with E-state index in [2.05, 4.69) is 41.5 Å². The van der Waals surface area contributed by atoms with Crippen LogP contribution in [0.15, 0.2) is 42.1 Å². The second-order valence-corrected chi connectivity index (χ2v) is 5.67. The van der Waals surface area contributed by atoms with Crippen LogP contribution in [-0.2, 0) is 11.2 Å². The summed E-state index contributed by atoms with van der Waals surface area (Å²) < 4.78 is 12.0. The summed E-state index contributed by atoms with van der Waals surface area (Å²) in [4.78, 5) is 2.29. The molecular formula is C18H15NO2. The summed E-state index contributed by atoms with van der Waals surface area (Å²) >= 11 is 0. The van der Waals surface area contributed by atoms with Gasteiger partial charge in [-0.25, -0.2) is 0 Å². The van der Waals surface area contributed by atoms with Gasteiger partial charge in [0, 0.05) is 23.9 Å². The first-order chi connectivity index (χ1) is 10.4. The van der Waals surface area contributed by atoms with Crippen molar-refractivity contribution >= 4 is 17.5 Å². The second kappa shape index (κ2) is 4.04. The Morgan fingerprint density at radius 1 is 1.05 bits per heavy atom. The first-order valence-electron chi connectivity index (χ1n) is 7.37. The van der Waals surface area contributed by atoms with Crippen LogP contribution >= 0.6 is 0 Å². The van der Waals surface area contributed by atoms with Crippen LogP contribution in [0.1, 0.15) is 16.7 Å². The van der Waals surface area contributed by atoms with Crippen molar-refractivity contribution in [2.45, 2.75) is 6.42 Å². The molecule has 0 saturated carbocycles. The molecular weight excluding hydrogens is 262 g/mol. The van der Waals surface area contributed by atoms with E-state index in [1.165, 1.54) is 16.8 Å². The fraction of sp³-hybridized carbons (Fsp3) is 0.222. The van der Waals surface area contributed by atoms with Gasteiger partial charge in [0.2, 0.25) is 0 Å². The van der Waals surface area contributed by atoms with E-state index in [0.29, 0.717) is 13.2 Å². The highest BCUT2D eigenvalue weighted by atomic mass is 16.5. The lowest BCUT2D eigenvalue weighted by atomic mass is 9.91. The summed E-state index contributed by atoms with van der Waals surface area (Å²) in [5.41, 5.74) is 6.10. The van der Waals surface area contributed by atoms with E-state index in [-0.39, 0.29) is 0 Å². The third-order valence-corrected chi connectivity index (χ3v) is 4.42. The fourth-order valence-corrected chi connectivity index (χ4v) is 3.55. The summed E-state index contributed by atoms with van der Waals surface area (Å²) in [7, 11) is 0. The van der Waals surface area contributed by atoms with Crippen molar-refractivity contribution in [2.24, 2.45) is 0 Å². The molecule has 4 heterocycles. The van der Waals surface area contributed by atoms with Crippen LogP contribution in [0.25, 0.3) is 11.8 Å². The van der Waals surface area contributed by atoms with Crippen LogP contribution in [0.4, 0.5) is 5.69 Å². The van der Waals surface area contributed by atoms with Crippen LogP contribution in [0.2, 0.25) is 0 Å². The molecule has 1 aromatic rings. The first kappa shape index (κ1) is 11.3. The largest absolute Gasteiger partial charge is 0.488 e. The molecule has 0 radical (unpaired) electrons. The van der Waals surface area contributed by atoms with Gasteiger partial charge in [-0.1, -0.05) is 24.3 Å². The second-order valence-electron chi connectivity index (χ2n) is 5.67. The third-order valence-electron chi connectivity index (χ3n) is 4.42. The Bertz CT molecular complexity index is 768. The Morgan fingerprint density at radius 3 is 3.05 bits per heavy atom. The number of rotatable bonds is 0. The molecule has 4 aliphatic heterocycles. The van der Waals surface area contributed by atoms with Gasteiger partial charge < -0.3 is 14.4 Å². The molecule has 21 heavy (non-hydrogen) atoms. The minimum absolute atomic E-state index is 0.601. The van der Waals surface area contributed by atoms with Gasteiger partial charge in [-0.3, -0.25) is 0 Å². The quantitative estimate of drug-likeness (QED) is 0.726. The molecule has 0 amide bonds. The summed E-state index contributed by atoms with van der Waals surface area (Å²) in [5, 5.41) is 0. The maximum Gasteiger partial charge on any atom is 0.137 e. The lowest BCUT2D eigenvalue weighted by Crippen LogP contribution is -2.25. The highest BCUT2D eigenvalue weighted by Gasteiger charge is 2.30. The SMILES string of the molecule is C1=CC2=C(OC1)c1cc3c4c(c1OC2)CC=CN4CC=C3. The molecule has 0 fully saturated rings. The predicted octanol–water partition coefficient (Wildman–Crippen LogP) is 3.28. The molecule has 0 aromatic heterocycles. The van der Waals surface area contributed by atoms with Crippen molar-refractivity contribution < 1.29 is 9.47 Å². The van der Waals surface area contributed by atoms with Crippen LogP contribution in [-0.4, -0.2) is 19.8 Å². The molecule has 0 saturated heterocycles. The van der Waals surface area contributed by atoms with Crippen LogP contribution in [0, 0.1) is 0 Å². The van der Waals surface area contributed by atoms with Crippen molar-refractivity contribution in [3.05, 3.63) is 58.8 Å². The van der Waals surface area contributed by atoms with Gasteiger partial charge in [-0.2, -0.15) is 0 Å². The Hall–Kier alpha value is -2.42. The number of allylic oxidation sites excluding steroid dienone is 1. The van der Waals surface area contributed by atoms with E-state index < -0.39 is 0 Å². The number of benzene rings is 1. The van der Waals surface area contributed by atoms with Gasteiger partial charge >= 0.3 is 0 Å². The third kappa shape index (κ3) is 1.49. The Labute approximate surface area is 123 Å². The van der Waals surface area contributed by atoms with Crippen LogP contribution in [0.3, 0.4) is 0 Å². The van der Waals surface area contributed by atoms with E-state index >= 15 is 0 Å². The summed E-state index contributed by atoms with van der Waals surface area (Å²) in [6, 6.07) is 2.21. The smallest absolute Gasteiger partial charge is 0.137 e. The van der Waals surface area contributed by atoms with Crippen LogP contribution < -0.4 is 9.64 Å². The molecule has 104 valence electrons. The first-order valence-corrected chi connectivity index (χ1v) is 7.37. The zero-order valence-corrected chi connectivity index (χ0v) is 11.6. The van der Waals surface area contributed by atoms with E-state index in [1.54, 1.807) is 0 Å². The number of anilines is 1. The number of fused-ring (bicyclic) bond motifs is 3. The fourth-order valence-electron chi connectivity index (χ4n) is 3.55. The molecule has 0 atom stereocenters. The van der Waals surface area contributed by atoms with E-state index in [9.17, 15) is 0 Å². The Kier molecular flexibility index (Phi) is 2.17. The normalized spacial score (nSPS) is 20.5. The van der Waals surface area contributed by atoms with Crippen molar-refractivity contribution in [3.63, 3.8) is 0 Å². The molecule has 0 aliphatic carbocycles. The molecule has 5 rings (SSSR count). The molecule has 0 bridgehead atoms. The van der Waals surface area contributed by atoms with Crippen molar-refractivity contribution in [2.75, 3.05) is 24.7 Å². The minimum Gasteiger partial charge on any atom is -0.488 e. The molecule has 4 aliphatic rings. The summed E-state index contributed by atoms with van der Waals surface area (Å²) in [6.07, 6.45) is 13.9. The van der Waals surface area contributed by atoms with E-state index in [0.717, 1.165) is 35.6 Å². The van der Waals surface area contributed by atoms with Crippen LogP contribution in [0.5, 0.6) is 5.75 Å². The number of hydrogen-bond acceptors (Lipinski definition) is 3. The van der Waals surface area contributed by atoms with Gasteiger partial charge in [-0.05, 0) is 24.1 Å². The monoisotopic (exact) mass is 277 g/mol. The average molecular weight is 277 g/mol. The predicted molar refractivity (Wildman–Crippen MR) is 83.2 cm³/mol. The van der Waals surface area contributed by atoms with Gasteiger partial charge in [-0.15, -0.1) is 0 Å². The molecule has 0 unspecified atom stereocenters. The molecule has 3 nitrogen and oxygen atoms in total. The molecule has 1 aromatic carbocycles. The number of hydrogen-bond donors (Lipinski definition) is 0. The van der Waals surface area contributed by atoms with E-state index in [4.69, 9.17) is 9.47 Å². The maximum absolute atomic E-state index is 6.09. The molecule has 0 N–H and O–H groups in total. The molecule has 3 heteroatoms. The number of nitrogens with zero attached hydrogens (tertiary/aromatic N) is 1. The number of ether oxygens (including phenoxy) is 2. The van der Waals surface area contributed by atoms with Crippen molar-refractivity contribution in [3.8, 4) is 5.75 Å². The lowest BCUT2D eigenvalue weighted by Gasteiger charge is -2.34. The van der Waals surface area contributed by atoms with Crippen molar-refractivity contribution in [1.82, 2.24) is 0 Å². The van der Waals surface area contributed by atoms with Crippen molar-refractivity contribution in [1.29, 1.82) is 0 Å². The topological polar surface area (TPSA) is 21.7 Å². The highest BCUT2D eigenvalue weighted by Crippen LogP contribution is 2.46. The summed E-state index contributed by atoms with van der Waals surface area (Å²) in [6.45, 7) is 2.18. The van der Waals surface area contributed by atoms with Gasteiger partial charge in [0.15, 0.2) is 0 Å². The minimum atomic E-state index is 0.601. The summed E-state index contributed by atoms with van der Waals surface area (Å²) in [5.74, 6) is 2.00. The average Bonchev–Trinajstić information content (AvgIpc) is 2.55. The van der Waals surface area contributed by atoms with Gasteiger partial charge in [0.25, 0.3) is 0 Å². The van der Waals surface area contributed by atoms with Gasteiger partial charge in [0.05, 0.1) is 11.3 Å². The maximum atomic E-state index is 6.09. The zero-order chi connectivity index (χ0) is 13.8. The Morgan fingerprint density at radius 2 is 2.05 bits per heavy atom. The standard InChI is InChI=1S/C18H15NO2/c1-4-12-10-15-17-13(5-3-9-20-17)11-21-18(15)14-6-2-8-19(7-1)16(12)14/h1-5,8,10H,6-7,9,11H2. The highest BCUT2D eigenvalue weighted by molar-refractivity contribution is 5.86. The molecule has 0 spiro atoms. The van der Waals surface area contributed by atoms with E-state index in [1.807, 2.05) is 6.08 Å². The zero-order valence-electron chi connectivity index (χ0n) is 11.6. The lowest BCUT2D eigenvalue weighted by molar-refractivity contribution is 0.281.